The lowest BCUT2D eigenvalue weighted by Gasteiger charge is -2.12. The highest BCUT2D eigenvalue weighted by molar-refractivity contribution is 8.26. The number of benzene rings is 1. The highest BCUT2D eigenvalue weighted by Crippen LogP contribution is 2.34. The molecule has 0 N–H and O–H groups in total. The second-order valence-corrected chi connectivity index (χ2v) is 8.15. The van der Waals surface area contributed by atoms with Crippen LogP contribution in [0.4, 0.5) is 4.39 Å². The van der Waals surface area contributed by atoms with Crippen LogP contribution in [0.25, 0.3) is 11.7 Å². The van der Waals surface area contributed by atoms with E-state index in [-0.39, 0.29) is 28.0 Å². The van der Waals surface area contributed by atoms with Crippen molar-refractivity contribution in [3.8, 4) is 11.6 Å². The average Bonchev–Trinajstić information content (AvgIpc) is 2.99. The van der Waals surface area contributed by atoms with Gasteiger partial charge >= 0.3 is 0 Å². The fraction of sp³-hybridized carbons (Fsp3) is 0.143. The summed E-state index contributed by atoms with van der Waals surface area (Å²) in [7, 11) is 0. The molecular weight excluding hydrogens is 425 g/mol. The predicted molar refractivity (Wildman–Crippen MR) is 118 cm³/mol. The molecule has 0 saturated carbocycles. The molecule has 4 rings (SSSR count). The number of carbonyl (C=O) groups is 1. The summed E-state index contributed by atoms with van der Waals surface area (Å²) >= 11 is 6.34. The molecule has 1 saturated heterocycles. The largest absolute Gasteiger partial charge is 0.435 e. The first-order valence-electron chi connectivity index (χ1n) is 9.10. The maximum atomic E-state index is 14.2. The molecule has 0 spiro atoms. The Balaban J connectivity index is 1.93. The fourth-order valence-corrected chi connectivity index (χ4v) is 4.39. The Bertz CT molecular complexity index is 1290. The zero-order valence-electron chi connectivity index (χ0n) is 16.1. The standard InChI is InChI=1S/C21H16FN3O3S2/c1-3-24-20(27)16(30-21(24)29)11-13-18(28-15-9-5-4-8-14(15)22)23-17-12(2)7-6-10-25(17)19(13)26/h4-11H,3H2,1-2H3/b16-11+. The molecule has 0 radical (unpaired) electrons. The molecule has 0 atom stereocenters. The number of para-hydroxylation sites is 1. The van der Waals surface area contributed by atoms with Crippen molar-refractivity contribution in [1.29, 1.82) is 0 Å². The lowest BCUT2D eigenvalue weighted by molar-refractivity contribution is -0.121. The molecule has 0 bridgehead atoms. The number of hydrogen-bond acceptors (Lipinski definition) is 6. The van der Waals surface area contributed by atoms with Gasteiger partial charge in [0.05, 0.1) is 4.91 Å². The van der Waals surface area contributed by atoms with Crippen LogP contribution in [-0.2, 0) is 4.79 Å². The average molecular weight is 442 g/mol. The molecular formula is C21H16FN3O3S2. The summed E-state index contributed by atoms with van der Waals surface area (Å²) in [4.78, 5) is 32.1. The van der Waals surface area contributed by atoms with E-state index in [9.17, 15) is 14.0 Å². The number of carbonyl (C=O) groups excluding carboxylic acids is 1. The van der Waals surface area contributed by atoms with Gasteiger partial charge in [-0.2, -0.15) is 4.98 Å². The normalized spacial score (nSPS) is 15.4. The van der Waals surface area contributed by atoms with Gasteiger partial charge in [0.25, 0.3) is 11.5 Å². The third-order valence-electron chi connectivity index (χ3n) is 4.56. The number of thiocarbonyl (C=S) groups is 1. The summed E-state index contributed by atoms with van der Waals surface area (Å²) < 4.78 is 21.7. The van der Waals surface area contributed by atoms with Crippen LogP contribution in [0, 0.1) is 12.7 Å². The molecule has 9 heteroatoms. The predicted octanol–water partition coefficient (Wildman–Crippen LogP) is 4.16. The number of pyridine rings is 1. The topological polar surface area (TPSA) is 63.9 Å². The minimum absolute atomic E-state index is 0.0398. The Kier molecular flexibility index (Phi) is 5.40. The first kappa shape index (κ1) is 20.2. The summed E-state index contributed by atoms with van der Waals surface area (Å²) in [5.74, 6) is -1.04. The summed E-state index contributed by atoms with van der Waals surface area (Å²) in [6, 6.07) is 9.37. The van der Waals surface area contributed by atoms with E-state index in [4.69, 9.17) is 17.0 Å². The molecule has 1 aliphatic heterocycles. The highest BCUT2D eigenvalue weighted by atomic mass is 32.2. The van der Waals surface area contributed by atoms with Gasteiger partial charge in [-0.25, -0.2) is 4.39 Å². The molecule has 6 nitrogen and oxygen atoms in total. The van der Waals surface area contributed by atoms with Gasteiger partial charge in [0.2, 0.25) is 5.88 Å². The van der Waals surface area contributed by atoms with Crippen LogP contribution < -0.4 is 10.3 Å². The van der Waals surface area contributed by atoms with E-state index in [2.05, 4.69) is 4.98 Å². The third kappa shape index (κ3) is 3.50. The van der Waals surface area contributed by atoms with Crippen LogP contribution in [0.5, 0.6) is 11.6 Å². The van der Waals surface area contributed by atoms with Gasteiger partial charge in [-0.05, 0) is 43.7 Å². The summed E-state index contributed by atoms with van der Waals surface area (Å²) in [6.07, 6.45) is 2.99. The van der Waals surface area contributed by atoms with Crippen molar-refractivity contribution in [1.82, 2.24) is 14.3 Å². The van der Waals surface area contributed by atoms with Gasteiger partial charge in [-0.15, -0.1) is 0 Å². The number of amides is 1. The van der Waals surface area contributed by atoms with Crippen molar-refractivity contribution >= 4 is 45.9 Å². The highest BCUT2D eigenvalue weighted by Gasteiger charge is 2.31. The zero-order chi connectivity index (χ0) is 21.4. The molecule has 1 aromatic carbocycles. The monoisotopic (exact) mass is 441 g/mol. The van der Waals surface area contributed by atoms with E-state index in [1.807, 2.05) is 6.92 Å². The van der Waals surface area contributed by atoms with Gasteiger partial charge in [0.15, 0.2) is 11.6 Å². The van der Waals surface area contributed by atoms with Gasteiger partial charge in [0.1, 0.15) is 15.5 Å². The second kappa shape index (κ2) is 8.00. The Hall–Kier alpha value is -3.04. The van der Waals surface area contributed by atoms with Gasteiger partial charge in [0, 0.05) is 12.7 Å². The number of aromatic nitrogens is 2. The number of likely N-dealkylation sites (N-methyl/N-ethyl adjacent to an activating group) is 1. The molecule has 3 heterocycles. The van der Waals surface area contributed by atoms with Gasteiger partial charge in [-0.3, -0.25) is 18.9 Å². The minimum atomic E-state index is -0.590. The Morgan fingerprint density at radius 3 is 2.70 bits per heavy atom. The number of fused-ring (bicyclic) bond motifs is 1. The SMILES string of the molecule is CCN1C(=O)/C(=C\c2c(Oc3ccccc3F)nc3c(C)cccn3c2=O)SC1=S. The van der Waals surface area contributed by atoms with E-state index in [0.29, 0.717) is 16.5 Å². The minimum Gasteiger partial charge on any atom is -0.435 e. The first-order chi connectivity index (χ1) is 14.4. The molecule has 2 aromatic heterocycles. The molecule has 3 aromatic rings. The number of nitrogens with zero attached hydrogens (tertiary/aromatic N) is 3. The lowest BCUT2D eigenvalue weighted by atomic mass is 10.2. The second-order valence-electron chi connectivity index (χ2n) is 6.48. The van der Waals surface area contributed by atoms with Crippen molar-refractivity contribution in [2.45, 2.75) is 13.8 Å². The van der Waals surface area contributed by atoms with Crippen LogP contribution >= 0.6 is 24.0 Å². The van der Waals surface area contributed by atoms with Crippen molar-refractivity contribution in [3.63, 3.8) is 0 Å². The van der Waals surface area contributed by atoms with E-state index in [1.165, 1.54) is 33.6 Å². The van der Waals surface area contributed by atoms with E-state index >= 15 is 0 Å². The maximum absolute atomic E-state index is 14.2. The van der Waals surface area contributed by atoms with Crippen LogP contribution in [-0.4, -0.2) is 31.1 Å². The smallest absolute Gasteiger partial charge is 0.269 e. The van der Waals surface area contributed by atoms with Crippen LogP contribution in [0.3, 0.4) is 0 Å². The molecule has 152 valence electrons. The molecule has 1 aliphatic rings. The Labute approximate surface area is 181 Å². The number of aryl methyl sites for hydroxylation is 1. The van der Waals surface area contributed by atoms with Crippen LogP contribution in [0.2, 0.25) is 0 Å². The molecule has 1 amide bonds. The van der Waals surface area contributed by atoms with E-state index in [1.54, 1.807) is 31.3 Å². The van der Waals surface area contributed by atoms with Gasteiger partial charge in [-0.1, -0.05) is 42.2 Å². The fourth-order valence-electron chi connectivity index (χ4n) is 3.03. The van der Waals surface area contributed by atoms with Gasteiger partial charge < -0.3 is 4.74 Å². The maximum Gasteiger partial charge on any atom is 0.269 e. The van der Waals surface area contributed by atoms with Crippen molar-refractivity contribution in [3.05, 3.63) is 74.8 Å². The molecule has 0 aliphatic carbocycles. The Morgan fingerprint density at radius 2 is 2.00 bits per heavy atom. The quantitative estimate of drug-likeness (QED) is 0.448. The number of halogens is 1. The number of rotatable bonds is 4. The van der Waals surface area contributed by atoms with E-state index < -0.39 is 11.4 Å². The number of hydrogen-bond donors (Lipinski definition) is 0. The number of ether oxygens (including phenoxy) is 1. The number of thioether (sulfide) groups is 1. The van der Waals surface area contributed by atoms with Crippen molar-refractivity contribution < 1.29 is 13.9 Å². The Morgan fingerprint density at radius 1 is 1.23 bits per heavy atom. The van der Waals surface area contributed by atoms with Crippen LogP contribution in [0.1, 0.15) is 18.1 Å². The summed E-state index contributed by atoms with van der Waals surface area (Å²) in [5, 5.41) is 0. The molecule has 30 heavy (non-hydrogen) atoms. The van der Waals surface area contributed by atoms with E-state index in [0.717, 1.165) is 17.3 Å². The molecule has 1 fully saturated rings. The molecule has 0 unspecified atom stereocenters. The summed E-state index contributed by atoms with van der Waals surface area (Å²) in [5.41, 5.74) is 0.735. The van der Waals surface area contributed by atoms with Crippen molar-refractivity contribution in [2.24, 2.45) is 0 Å². The first-order valence-corrected chi connectivity index (χ1v) is 10.3. The lowest BCUT2D eigenvalue weighted by Crippen LogP contribution is -2.27. The zero-order valence-corrected chi connectivity index (χ0v) is 17.7. The van der Waals surface area contributed by atoms with Crippen molar-refractivity contribution in [2.75, 3.05) is 6.54 Å². The summed E-state index contributed by atoms with van der Waals surface area (Å²) in [6.45, 7) is 4.05. The van der Waals surface area contributed by atoms with Crippen LogP contribution in [0.15, 0.2) is 52.3 Å². The third-order valence-corrected chi connectivity index (χ3v) is 5.94.